The van der Waals surface area contributed by atoms with Crippen molar-refractivity contribution in [1.29, 1.82) is 5.26 Å². The second-order valence-electron chi connectivity index (χ2n) is 6.34. The third kappa shape index (κ3) is 5.03. The molecule has 0 aliphatic carbocycles. The fraction of sp³-hybridized carbons (Fsp3) is 0.300. The van der Waals surface area contributed by atoms with Crippen molar-refractivity contribution >= 4 is 6.21 Å². The number of hydrogen-bond donors (Lipinski definition) is 0. The van der Waals surface area contributed by atoms with Gasteiger partial charge in [0.05, 0.1) is 6.07 Å². The van der Waals surface area contributed by atoms with Crippen LogP contribution in [0.2, 0.25) is 0 Å². The maximum Gasteiger partial charge on any atom is 0.141 e. The SMILES string of the molecule is CC(C)(CCc1ccc(F)cc1)C(C#N)N=Cc1ccccc1. The average molecular weight is 308 g/mol. The van der Waals surface area contributed by atoms with Gasteiger partial charge in [0.2, 0.25) is 0 Å². The van der Waals surface area contributed by atoms with E-state index in [4.69, 9.17) is 0 Å². The number of aliphatic imine (C=N–C) groups is 1. The number of halogens is 1. The predicted molar refractivity (Wildman–Crippen MR) is 91.9 cm³/mol. The topological polar surface area (TPSA) is 36.1 Å². The minimum atomic E-state index is -0.414. The molecule has 1 unspecified atom stereocenters. The third-order valence-electron chi connectivity index (χ3n) is 4.01. The molecule has 0 N–H and O–H groups in total. The maximum absolute atomic E-state index is 12.9. The van der Waals surface area contributed by atoms with E-state index in [2.05, 4.69) is 11.1 Å². The summed E-state index contributed by atoms with van der Waals surface area (Å²) in [6.07, 6.45) is 3.36. The fourth-order valence-corrected chi connectivity index (χ4v) is 2.36. The van der Waals surface area contributed by atoms with Crippen molar-refractivity contribution in [2.75, 3.05) is 0 Å². The Morgan fingerprint density at radius 2 is 1.78 bits per heavy atom. The average Bonchev–Trinajstić information content (AvgIpc) is 2.56. The van der Waals surface area contributed by atoms with Crippen molar-refractivity contribution in [2.24, 2.45) is 10.4 Å². The Hall–Kier alpha value is -2.47. The first-order valence-corrected chi connectivity index (χ1v) is 7.73. The minimum absolute atomic E-state index is 0.227. The molecule has 0 amide bonds. The van der Waals surface area contributed by atoms with Gasteiger partial charge in [0.25, 0.3) is 0 Å². The van der Waals surface area contributed by atoms with Gasteiger partial charge in [-0.05, 0) is 36.1 Å². The van der Waals surface area contributed by atoms with Crippen molar-refractivity contribution in [3.05, 3.63) is 71.5 Å². The highest BCUT2D eigenvalue weighted by Crippen LogP contribution is 2.29. The van der Waals surface area contributed by atoms with E-state index in [1.807, 2.05) is 44.2 Å². The Labute approximate surface area is 137 Å². The number of benzene rings is 2. The molecule has 0 aromatic heterocycles. The molecule has 0 fully saturated rings. The largest absolute Gasteiger partial charge is 0.273 e. The molecule has 2 rings (SSSR count). The lowest BCUT2D eigenvalue weighted by molar-refractivity contribution is 0.305. The van der Waals surface area contributed by atoms with Gasteiger partial charge in [0.15, 0.2) is 0 Å². The van der Waals surface area contributed by atoms with Gasteiger partial charge < -0.3 is 0 Å². The van der Waals surface area contributed by atoms with Crippen LogP contribution < -0.4 is 0 Å². The summed E-state index contributed by atoms with van der Waals surface area (Å²) < 4.78 is 12.9. The number of nitrogens with zero attached hydrogens (tertiary/aromatic N) is 2. The van der Waals surface area contributed by atoms with Gasteiger partial charge in [-0.25, -0.2) is 4.39 Å². The zero-order valence-corrected chi connectivity index (χ0v) is 13.5. The lowest BCUT2D eigenvalue weighted by atomic mass is 9.80. The van der Waals surface area contributed by atoms with Crippen LogP contribution in [0.15, 0.2) is 59.6 Å². The van der Waals surface area contributed by atoms with Crippen LogP contribution in [0.1, 0.15) is 31.4 Å². The summed E-state index contributed by atoms with van der Waals surface area (Å²) in [5, 5.41) is 9.46. The van der Waals surface area contributed by atoms with Crippen LogP contribution in [0.3, 0.4) is 0 Å². The normalized spacial score (nSPS) is 13.0. The molecule has 0 aliphatic heterocycles. The highest BCUT2D eigenvalue weighted by Gasteiger charge is 2.28. The lowest BCUT2D eigenvalue weighted by Gasteiger charge is -2.27. The Bertz CT molecular complexity index is 682. The van der Waals surface area contributed by atoms with Gasteiger partial charge in [-0.3, -0.25) is 4.99 Å². The van der Waals surface area contributed by atoms with Crippen LogP contribution >= 0.6 is 0 Å². The quantitative estimate of drug-likeness (QED) is 0.706. The Balaban J connectivity index is 2.02. The molecule has 1 atom stereocenters. The number of aryl methyl sites for hydroxylation is 1. The highest BCUT2D eigenvalue weighted by atomic mass is 19.1. The van der Waals surface area contributed by atoms with Crippen molar-refractivity contribution in [2.45, 2.75) is 32.7 Å². The zero-order valence-electron chi connectivity index (χ0n) is 13.5. The van der Waals surface area contributed by atoms with Gasteiger partial charge in [0, 0.05) is 11.6 Å². The smallest absolute Gasteiger partial charge is 0.141 e. The van der Waals surface area contributed by atoms with Gasteiger partial charge in [0.1, 0.15) is 11.9 Å². The summed E-state index contributed by atoms with van der Waals surface area (Å²) in [4.78, 5) is 4.46. The van der Waals surface area contributed by atoms with Crippen LogP contribution in [0, 0.1) is 22.6 Å². The van der Waals surface area contributed by atoms with Crippen LogP contribution in [0.25, 0.3) is 0 Å². The van der Waals surface area contributed by atoms with Crippen molar-refractivity contribution in [3.8, 4) is 6.07 Å². The molecule has 23 heavy (non-hydrogen) atoms. The standard InChI is InChI=1S/C20H21FN2/c1-20(2,13-12-16-8-10-18(21)11-9-16)19(14-22)23-15-17-6-4-3-5-7-17/h3-11,15,19H,12-13H2,1-2H3. The maximum atomic E-state index is 12.9. The molecule has 0 aliphatic rings. The van der Waals surface area contributed by atoms with E-state index in [9.17, 15) is 9.65 Å². The molecule has 0 saturated heterocycles. The lowest BCUT2D eigenvalue weighted by Crippen LogP contribution is -2.27. The minimum Gasteiger partial charge on any atom is -0.273 e. The van der Waals surface area contributed by atoms with Crippen LogP contribution in [-0.2, 0) is 6.42 Å². The molecule has 0 saturated carbocycles. The van der Waals surface area contributed by atoms with Crippen molar-refractivity contribution < 1.29 is 4.39 Å². The van der Waals surface area contributed by atoms with Crippen LogP contribution in [-0.4, -0.2) is 12.3 Å². The molecule has 3 heteroatoms. The van der Waals surface area contributed by atoms with Crippen LogP contribution in [0.5, 0.6) is 0 Å². The van der Waals surface area contributed by atoms with Gasteiger partial charge >= 0.3 is 0 Å². The summed E-state index contributed by atoms with van der Waals surface area (Å²) in [7, 11) is 0. The van der Waals surface area contributed by atoms with Crippen LogP contribution in [0.4, 0.5) is 4.39 Å². The molecule has 0 heterocycles. The Kier molecular flexibility index (Phi) is 5.65. The summed E-state index contributed by atoms with van der Waals surface area (Å²) in [5.74, 6) is -0.227. The molecule has 118 valence electrons. The second-order valence-corrected chi connectivity index (χ2v) is 6.34. The van der Waals surface area contributed by atoms with E-state index in [0.717, 1.165) is 24.0 Å². The van der Waals surface area contributed by atoms with Crippen molar-refractivity contribution in [3.63, 3.8) is 0 Å². The molecule has 0 spiro atoms. The Morgan fingerprint density at radius 3 is 2.39 bits per heavy atom. The summed E-state index contributed by atoms with van der Waals surface area (Å²) in [6.45, 7) is 4.10. The zero-order chi connectivity index (χ0) is 16.7. The van der Waals surface area contributed by atoms with Crippen molar-refractivity contribution in [1.82, 2.24) is 0 Å². The van der Waals surface area contributed by atoms with Gasteiger partial charge in [-0.15, -0.1) is 0 Å². The predicted octanol–water partition coefficient (Wildman–Crippen LogP) is 4.80. The molecule has 0 bridgehead atoms. The number of rotatable bonds is 6. The van der Waals surface area contributed by atoms with Gasteiger partial charge in [-0.1, -0.05) is 56.3 Å². The number of nitriles is 1. The van der Waals surface area contributed by atoms with E-state index >= 15 is 0 Å². The molecular formula is C20H21FN2. The fourth-order valence-electron chi connectivity index (χ4n) is 2.36. The summed E-state index contributed by atoms with van der Waals surface area (Å²) >= 11 is 0. The van der Waals surface area contributed by atoms with E-state index < -0.39 is 6.04 Å². The molecule has 2 nitrogen and oxygen atoms in total. The molecule has 2 aromatic rings. The molecular weight excluding hydrogens is 287 g/mol. The van der Waals surface area contributed by atoms with E-state index in [1.54, 1.807) is 18.3 Å². The first-order chi connectivity index (χ1) is 11.0. The summed E-state index contributed by atoms with van der Waals surface area (Å²) in [6, 6.07) is 18.2. The monoisotopic (exact) mass is 308 g/mol. The molecule has 0 radical (unpaired) electrons. The highest BCUT2D eigenvalue weighted by molar-refractivity contribution is 5.79. The Morgan fingerprint density at radius 1 is 1.13 bits per heavy atom. The first kappa shape index (κ1) is 16.9. The summed E-state index contributed by atoms with van der Waals surface area (Å²) in [5.41, 5.74) is 1.80. The van der Waals surface area contributed by atoms with E-state index in [-0.39, 0.29) is 11.2 Å². The van der Waals surface area contributed by atoms with Gasteiger partial charge in [-0.2, -0.15) is 5.26 Å². The van der Waals surface area contributed by atoms with E-state index in [0.29, 0.717) is 0 Å². The first-order valence-electron chi connectivity index (χ1n) is 7.73. The second kappa shape index (κ2) is 7.69. The number of hydrogen-bond acceptors (Lipinski definition) is 2. The molecule has 2 aromatic carbocycles. The third-order valence-corrected chi connectivity index (χ3v) is 4.01. The van der Waals surface area contributed by atoms with E-state index in [1.165, 1.54) is 12.1 Å².